The second kappa shape index (κ2) is 6.25. The van der Waals surface area contributed by atoms with Gasteiger partial charge < -0.3 is 5.32 Å². The topological polar surface area (TPSA) is 58.2 Å². The van der Waals surface area contributed by atoms with E-state index in [-0.39, 0.29) is 5.75 Å². The fourth-order valence-electron chi connectivity index (χ4n) is 1.66. The predicted octanol–water partition coefficient (Wildman–Crippen LogP) is 0.481. The molecule has 0 heterocycles. The van der Waals surface area contributed by atoms with Crippen LogP contribution in [0, 0.1) is 5.92 Å². The van der Waals surface area contributed by atoms with E-state index in [0.717, 1.165) is 19.4 Å². The molecule has 1 aliphatic carbocycles. The van der Waals surface area contributed by atoms with Crippen molar-refractivity contribution in [2.45, 2.75) is 19.3 Å². The van der Waals surface area contributed by atoms with Gasteiger partial charge in [-0.1, -0.05) is 12.2 Å². The van der Waals surface area contributed by atoms with Crippen molar-refractivity contribution in [3.05, 3.63) is 12.2 Å². The lowest BCUT2D eigenvalue weighted by Gasteiger charge is -2.17. The highest BCUT2D eigenvalue weighted by Gasteiger charge is 2.10. The summed E-state index contributed by atoms with van der Waals surface area (Å²) in [4.78, 5) is 0. The summed E-state index contributed by atoms with van der Waals surface area (Å²) in [5, 5.41) is 3.19. The Kier molecular flexibility index (Phi) is 5.28. The lowest BCUT2D eigenvalue weighted by Crippen LogP contribution is -2.32. The minimum Gasteiger partial charge on any atom is -0.315 e. The molecule has 1 aliphatic rings. The van der Waals surface area contributed by atoms with E-state index in [4.69, 9.17) is 0 Å². The Morgan fingerprint density at radius 3 is 2.80 bits per heavy atom. The summed E-state index contributed by atoms with van der Waals surface area (Å²) in [7, 11) is -1.60. The molecule has 0 saturated carbocycles. The molecule has 0 radical (unpaired) electrons. The second-order valence-corrected chi connectivity index (χ2v) is 5.92. The Morgan fingerprint density at radius 2 is 2.20 bits per heavy atom. The molecule has 4 nitrogen and oxygen atoms in total. The summed E-state index contributed by atoms with van der Waals surface area (Å²) >= 11 is 0. The molecule has 0 aromatic carbocycles. The molecule has 5 heteroatoms. The van der Waals surface area contributed by atoms with Gasteiger partial charge in [-0.2, -0.15) is 0 Å². The minimum atomic E-state index is -3.05. The molecule has 0 saturated heterocycles. The van der Waals surface area contributed by atoms with Crippen molar-refractivity contribution in [3.8, 4) is 0 Å². The smallest absolute Gasteiger partial charge is 0.212 e. The summed E-state index contributed by atoms with van der Waals surface area (Å²) < 4.78 is 24.5. The van der Waals surface area contributed by atoms with Gasteiger partial charge >= 0.3 is 0 Å². The van der Waals surface area contributed by atoms with Gasteiger partial charge in [0.2, 0.25) is 10.0 Å². The fraction of sp³-hybridized carbons (Fsp3) is 0.800. The third kappa shape index (κ3) is 5.30. The van der Waals surface area contributed by atoms with Crippen LogP contribution in [0.5, 0.6) is 0 Å². The largest absolute Gasteiger partial charge is 0.315 e. The summed E-state index contributed by atoms with van der Waals surface area (Å²) in [6.45, 7) is 1.45. The first-order valence-electron chi connectivity index (χ1n) is 5.41. The monoisotopic (exact) mass is 232 g/mol. The summed E-state index contributed by atoms with van der Waals surface area (Å²) in [5.74, 6) is 0.832. The van der Waals surface area contributed by atoms with Crippen molar-refractivity contribution in [2.24, 2.45) is 5.92 Å². The number of rotatable bonds is 6. The van der Waals surface area contributed by atoms with Crippen LogP contribution in [0.2, 0.25) is 0 Å². The van der Waals surface area contributed by atoms with Gasteiger partial charge in [0.05, 0.1) is 5.75 Å². The molecular weight excluding hydrogens is 212 g/mol. The third-order valence-electron chi connectivity index (χ3n) is 2.67. The lowest BCUT2D eigenvalue weighted by atomic mass is 9.94. The van der Waals surface area contributed by atoms with Gasteiger partial charge in [-0.25, -0.2) is 13.1 Å². The van der Waals surface area contributed by atoms with Crippen LogP contribution < -0.4 is 10.0 Å². The van der Waals surface area contributed by atoms with E-state index in [2.05, 4.69) is 22.2 Å². The number of hydrogen-bond acceptors (Lipinski definition) is 3. The number of hydrogen-bond donors (Lipinski definition) is 2. The maximum Gasteiger partial charge on any atom is 0.212 e. The molecule has 0 aromatic heterocycles. The Hall–Kier alpha value is -0.390. The van der Waals surface area contributed by atoms with Crippen molar-refractivity contribution in [1.82, 2.24) is 10.0 Å². The zero-order valence-corrected chi connectivity index (χ0v) is 10.0. The Morgan fingerprint density at radius 1 is 1.40 bits per heavy atom. The zero-order valence-electron chi connectivity index (χ0n) is 9.20. The maximum atomic E-state index is 11.1. The Balaban J connectivity index is 2.09. The average Bonchev–Trinajstić information content (AvgIpc) is 2.26. The predicted molar refractivity (Wildman–Crippen MR) is 62.2 cm³/mol. The van der Waals surface area contributed by atoms with Gasteiger partial charge in [-0.05, 0) is 38.8 Å². The van der Waals surface area contributed by atoms with Gasteiger partial charge in [-0.15, -0.1) is 0 Å². The van der Waals surface area contributed by atoms with Crippen LogP contribution in [0.15, 0.2) is 12.2 Å². The van der Waals surface area contributed by atoms with Crippen LogP contribution in [0.25, 0.3) is 0 Å². The van der Waals surface area contributed by atoms with Crippen molar-refractivity contribution >= 4 is 10.0 Å². The molecule has 15 heavy (non-hydrogen) atoms. The number of sulfonamides is 1. The van der Waals surface area contributed by atoms with Crippen molar-refractivity contribution in [3.63, 3.8) is 0 Å². The Bertz CT molecular complexity index is 299. The second-order valence-electron chi connectivity index (χ2n) is 3.88. The molecule has 0 spiro atoms. The van der Waals surface area contributed by atoms with E-state index in [1.54, 1.807) is 0 Å². The van der Waals surface area contributed by atoms with Crippen molar-refractivity contribution in [1.29, 1.82) is 0 Å². The molecule has 0 bridgehead atoms. The van der Waals surface area contributed by atoms with Crippen LogP contribution in [0.1, 0.15) is 19.3 Å². The van der Waals surface area contributed by atoms with Gasteiger partial charge in [0, 0.05) is 6.54 Å². The third-order valence-corrected chi connectivity index (χ3v) is 4.03. The first kappa shape index (κ1) is 12.7. The highest BCUT2D eigenvalue weighted by atomic mass is 32.2. The lowest BCUT2D eigenvalue weighted by molar-refractivity contribution is 0.446. The number of allylic oxidation sites excluding steroid dienone is 2. The molecule has 1 atom stereocenters. The van der Waals surface area contributed by atoms with Gasteiger partial charge in [-0.3, -0.25) is 0 Å². The van der Waals surface area contributed by atoms with E-state index < -0.39 is 10.0 Å². The SMILES string of the molecule is CNS(=O)(=O)CCNCC1CC=CCC1. The first-order chi connectivity index (χ1) is 7.14. The molecule has 88 valence electrons. The van der Waals surface area contributed by atoms with E-state index in [1.165, 1.54) is 13.5 Å². The van der Waals surface area contributed by atoms with Gasteiger partial charge in [0.1, 0.15) is 0 Å². The summed E-state index contributed by atoms with van der Waals surface area (Å²) in [5.41, 5.74) is 0. The van der Waals surface area contributed by atoms with E-state index in [9.17, 15) is 8.42 Å². The highest BCUT2D eigenvalue weighted by Crippen LogP contribution is 2.16. The molecule has 0 aromatic rings. The quantitative estimate of drug-likeness (QED) is 0.517. The average molecular weight is 232 g/mol. The standard InChI is InChI=1S/C10H20N2O2S/c1-11-15(13,14)8-7-12-9-10-5-3-2-4-6-10/h2-3,10-12H,4-9H2,1H3. The van der Waals surface area contributed by atoms with Crippen molar-refractivity contribution < 1.29 is 8.42 Å². The molecule has 0 aliphatic heterocycles. The maximum absolute atomic E-state index is 11.1. The van der Waals surface area contributed by atoms with E-state index >= 15 is 0 Å². The molecule has 1 unspecified atom stereocenters. The molecule has 1 rings (SSSR count). The Labute approximate surface area is 92.2 Å². The zero-order chi connectivity index (χ0) is 11.1. The minimum absolute atomic E-state index is 0.159. The highest BCUT2D eigenvalue weighted by molar-refractivity contribution is 7.89. The first-order valence-corrected chi connectivity index (χ1v) is 7.06. The van der Waals surface area contributed by atoms with Gasteiger partial charge in [0.15, 0.2) is 0 Å². The van der Waals surface area contributed by atoms with Crippen LogP contribution in [0.4, 0.5) is 0 Å². The van der Waals surface area contributed by atoms with Crippen LogP contribution in [-0.4, -0.2) is 34.3 Å². The molecular formula is C10H20N2O2S. The van der Waals surface area contributed by atoms with E-state index in [0.29, 0.717) is 12.5 Å². The summed E-state index contributed by atoms with van der Waals surface area (Å²) in [6, 6.07) is 0. The molecule has 0 fully saturated rings. The summed E-state index contributed by atoms with van der Waals surface area (Å²) in [6.07, 6.45) is 7.90. The molecule has 2 N–H and O–H groups in total. The van der Waals surface area contributed by atoms with E-state index in [1.807, 2.05) is 0 Å². The van der Waals surface area contributed by atoms with Crippen LogP contribution >= 0.6 is 0 Å². The molecule has 0 amide bonds. The van der Waals surface area contributed by atoms with Gasteiger partial charge in [0.25, 0.3) is 0 Å². The number of nitrogens with one attached hydrogen (secondary N) is 2. The van der Waals surface area contributed by atoms with Crippen LogP contribution in [-0.2, 0) is 10.0 Å². The normalized spacial score (nSPS) is 21.8. The fourth-order valence-corrected chi connectivity index (χ4v) is 2.27. The van der Waals surface area contributed by atoms with Crippen LogP contribution in [0.3, 0.4) is 0 Å². The van der Waals surface area contributed by atoms with Crippen molar-refractivity contribution in [2.75, 3.05) is 25.9 Å².